The molecule has 0 saturated heterocycles. The van der Waals surface area contributed by atoms with Crippen molar-refractivity contribution in [1.82, 2.24) is 0 Å². The SMILES string of the molecule is C=C/C(=C(\C=C/C)CCC)c1ccc(C)cc1C. The molecule has 1 aromatic rings. The Labute approximate surface area is 112 Å². The molecule has 0 amide bonds. The van der Waals surface area contributed by atoms with Gasteiger partial charge >= 0.3 is 0 Å². The minimum absolute atomic E-state index is 1.10. The Bertz CT molecular complexity index is 473. The highest BCUT2D eigenvalue weighted by atomic mass is 14.1. The van der Waals surface area contributed by atoms with Gasteiger partial charge in [-0.3, -0.25) is 0 Å². The molecule has 96 valence electrons. The molecule has 18 heavy (non-hydrogen) atoms. The molecule has 0 aliphatic rings. The molecule has 0 nitrogen and oxygen atoms in total. The van der Waals surface area contributed by atoms with E-state index in [0.717, 1.165) is 12.8 Å². The van der Waals surface area contributed by atoms with Gasteiger partial charge in [0, 0.05) is 0 Å². The van der Waals surface area contributed by atoms with Gasteiger partial charge in [0.1, 0.15) is 0 Å². The van der Waals surface area contributed by atoms with E-state index in [-0.39, 0.29) is 0 Å². The molecule has 0 radical (unpaired) electrons. The molecule has 0 aromatic heterocycles. The molecule has 1 rings (SSSR count). The van der Waals surface area contributed by atoms with Crippen LogP contribution in [0.4, 0.5) is 0 Å². The van der Waals surface area contributed by atoms with Crippen LogP contribution in [0, 0.1) is 13.8 Å². The normalized spacial score (nSPS) is 12.7. The van der Waals surface area contributed by atoms with Gasteiger partial charge in [0.25, 0.3) is 0 Å². The first-order valence-electron chi connectivity index (χ1n) is 6.69. The second-order valence-corrected chi connectivity index (χ2v) is 4.71. The summed E-state index contributed by atoms with van der Waals surface area (Å²) in [7, 11) is 0. The summed E-state index contributed by atoms with van der Waals surface area (Å²) < 4.78 is 0. The maximum Gasteiger partial charge on any atom is -0.0152 e. The largest absolute Gasteiger partial charge is 0.0984 e. The summed E-state index contributed by atoms with van der Waals surface area (Å²) in [6, 6.07) is 6.62. The van der Waals surface area contributed by atoms with Crippen molar-refractivity contribution in [2.24, 2.45) is 0 Å². The molecule has 0 heteroatoms. The van der Waals surface area contributed by atoms with E-state index in [1.165, 1.54) is 27.8 Å². The predicted molar refractivity (Wildman–Crippen MR) is 82.8 cm³/mol. The van der Waals surface area contributed by atoms with Crippen molar-refractivity contribution in [3.05, 3.63) is 65.3 Å². The molecule has 0 bridgehead atoms. The topological polar surface area (TPSA) is 0 Å². The number of allylic oxidation sites excluding steroid dienone is 5. The molecule has 0 spiro atoms. The molecular formula is C18H24. The van der Waals surface area contributed by atoms with Gasteiger partial charge in [-0.1, -0.05) is 61.9 Å². The fourth-order valence-corrected chi connectivity index (χ4v) is 2.31. The van der Waals surface area contributed by atoms with Crippen LogP contribution in [-0.2, 0) is 0 Å². The molecular weight excluding hydrogens is 216 g/mol. The van der Waals surface area contributed by atoms with E-state index in [4.69, 9.17) is 0 Å². The van der Waals surface area contributed by atoms with E-state index < -0.39 is 0 Å². The molecule has 0 N–H and O–H groups in total. The molecule has 0 atom stereocenters. The lowest BCUT2D eigenvalue weighted by atomic mass is 9.92. The highest BCUT2D eigenvalue weighted by Crippen LogP contribution is 2.27. The maximum atomic E-state index is 3.99. The number of benzene rings is 1. The lowest BCUT2D eigenvalue weighted by Crippen LogP contribution is -1.92. The van der Waals surface area contributed by atoms with Crippen molar-refractivity contribution < 1.29 is 0 Å². The van der Waals surface area contributed by atoms with E-state index >= 15 is 0 Å². The summed E-state index contributed by atoms with van der Waals surface area (Å²) in [6.07, 6.45) is 8.56. The van der Waals surface area contributed by atoms with Gasteiger partial charge in [-0.25, -0.2) is 0 Å². The van der Waals surface area contributed by atoms with Crippen LogP contribution in [0.2, 0.25) is 0 Å². The fourth-order valence-electron chi connectivity index (χ4n) is 2.31. The van der Waals surface area contributed by atoms with Crippen LogP contribution in [0.5, 0.6) is 0 Å². The van der Waals surface area contributed by atoms with Gasteiger partial charge in [-0.05, 0) is 49.5 Å². The molecule has 0 aliphatic heterocycles. The first kappa shape index (κ1) is 14.5. The van der Waals surface area contributed by atoms with Crippen molar-refractivity contribution in [1.29, 1.82) is 0 Å². The molecule has 0 unspecified atom stereocenters. The third-order valence-corrected chi connectivity index (χ3v) is 3.11. The van der Waals surface area contributed by atoms with Crippen LogP contribution in [-0.4, -0.2) is 0 Å². The van der Waals surface area contributed by atoms with E-state index in [0.29, 0.717) is 0 Å². The van der Waals surface area contributed by atoms with E-state index in [1.54, 1.807) is 0 Å². The Morgan fingerprint density at radius 3 is 2.50 bits per heavy atom. The summed E-state index contributed by atoms with van der Waals surface area (Å²) in [5, 5.41) is 0. The third kappa shape index (κ3) is 3.46. The van der Waals surface area contributed by atoms with E-state index in [1.807, 2.05) is 6.08 Å². The Morgan fingerprint density at radius 2 is 2.00 bits per heavy atom. The molecule has 0 saturated carbocycles. The van der Waals surface area contributed by atoms with E-state index in [2.05, 4.69) is 64.6 Å². The molecule has 1 aromatic carbocycles. The van der Waals surface area contributed by atoms with Gasteiger partial charge in [-0.2, -0.15) is 0 Å². The maximum absolute atomic E-state index is 3.99. The molecule has 0 heterocycles. The highest BCUT2D eigenvalue weighted by Gasteiger charge is 2.06. The van der Waals surface area contributed by atoms with Crippen LogP contribution in [0.25, 0.3) is 5.57 Å². The fraction of sp³-hybridized carbons (Fsp3) is 0.333. The van der Waals surface area contributed by atoms with Gasteiger partial charge in [0.2, 0.25) is 0 Å². The Hall–Kier alpha value is -1.56. The van der Waals surface area contributed by atoms with Gasteiger partial charge < -0.3 is 0 Å². The Morgan fingerprint density at radius 1 is 1.28 bits per heavy atom. The van der Waals surface area contributed by atoms with Crippen LogP contribution in [0.15, 0.2) is 48.6 Å². The number of aryl methyl sites for hydroxylation is 2. The minimum atomic E-state index is 1.10. The van der Waals surface area contributed by atoms with Gasteiger partial charge in [0.05, 0.1) is 0 Å². The van der Waals surface area contributed by atoms with Gasteiger partial charge in [-0.15, -0.1) is 0 Å². The average Bonchev–Trinajstić information content (AvgIpc) is 2.33. The quantitative estimate of drug-likeness (QED) is 0.586. The van der Waals surface area contributed by atoms with Crippen molar-refractivity contribution in [2.75, 3.05) is 0 Å². The summed E-state index contributed by atoms with van der Waals surface area (Å²) in [5.41, 5.74) is 6.58. The number of hydrogen-bond acceptors (Lipinski definition) is 0. The second kappa shape index (κ2) is 7.00. The van der Waals surface area contributed by atoms with Crippen LogP contribution in [0.3, 0.4) is 0 Å². The monoisotopic (exact) mass is 240 g/mol. The van der Waals surface area contributed by atoms with Crippen LogP contribution < -0.4 is 0 Å². The smallest absolute Gasteiger partial charge is 0.0152 e. The lowest BCUT2D eigenvalue weighted by molar-refractivity contribution is 0.928. The highest BCUT2D eigenvalue weighted by molar-refractivity contribution is 5.79. The predicted octanol–water partition coefficient (Wildman–Crippen LogP) is 5.62. The van der Waals surface area contributed by atoms with Crippen molar-refractivity contribution in [3.63, 3.8) is 0 Å². The van der Waals surface area contributed by atoms with Crippen LogP contribution in [0.1, 0.15) is 43.4 Å². The average molecular weight is 240 g/mol. The summed E-state index contributed by atoms with van der Waals surface area (Å²) in [6.45, 7) is 12.6. The summed E-state index contributed by atoms with van der Waals surface area (Å²) >= 11 is 0. The van der Waals surface area contributed by atoms with Crippen LogP contribution >= 0.6 is 0 Å². The second-order valence-electron chi connectivity index (χ2n) is 4.71. The summed E-state index contributed by atoms with van der Waals surface area (Å²) in [4.78, 5) is 0. The van der Waals surface area contributed by atoms with E-state index in [9.17, 15) is 0 Å². The first-order valence-corrected chi connectivity index (χ1v) is 6.69. The molecule has 0 aliphatic carbocycles. The Balaban J connectivity index is 3.37. The minimum Gasteiger partial charge on any atom is -0.0984 e. The summed E-state index contributed by atoms with van der Waals surface area (Å²) in [5.74, 6) is 0. The first-order chi connectivity index (χ1) is 8.63. The van der Waals surface area contributed by atoms with Crippen molar-refractivity contribution in [3.8, 4) is 0 Å². The lowest BCUT2D eigenvalue weighted by Gasteiger charge is -2.12. The zero-order chi connectivity index (χ0) is 13.5. The zero-order valence-electron chi connectivity index (χ0n) is 12.1. The number of hydrogen-bond donors (Lipinski definition) is 0. The third-order valence-electron chi connectivity index (χ3n) is 3.11. The van der Waals surface area contributed by atoms with Crippen molar-refractivity contribution in [2.45, 2.75) is 40.5 Å². The standard InChI is InChI=1S/C18H24/c1-6-9-16(10-7-2)17(8-3)18-12-11-14(4)13-15(18)5/h6,8-9,11-13H,3,7,10H2,1-2,4-5H3/b9-6-,17-16-. The van der Waals surface area contributed by atoms with Gasteiger partial charge in [0.15, 0.2) is 0 Å². The zero-order valence-corrected chi connectivity index (χ0v) is 12.1. The Kier molecular flexibility index (Phi) is 5.64. The molecule has 0 fully saturated rings. The number of rotatable bonds is 5. The van der Waals surface area contributed by atoms with Crippen molar-refractivity contribution >= 4 is 5.57 Å².